The third kappa shape index (κ3) is 5.03. The average Bonchev–Trinajstić information content (AvgIpc) is 3.00. The summed E-state index contributed by atoms with van der Waals surface area (Å²) in [6, 6.07) is 27.3. The fraction of sp³-hybridized carbons (Fsp3) is 0.207. The van der Waals surface area contributed by atoms with Gasteiger partial charge in [-0.15, -0.1) is 0 Å². The maximum atomic E-state index is 14.5. The third-order valence-electron chi connectivity index (χ3n) is 6.71. The van der Waals surface area contributed by atoms with E-state index in [0.29, 0.717) is 18.5 Å². The molecule has 7 nitrogen and oxygen atoms in total. The molecule has 0 spiro atoms. The van der Waals surface area contributed by atoms with E-state index in [1.165, 1.54) is 10.5 Å². The molecule has 0 radical (unpaired) electrons. The second-order valence-corrected chi connectivity index (χ2v) is 11.4. The Bertz CT molecular complexity index is 1500. The standard InChI is InChI=1S/C29H30N4O3S/c1-21-9-8-14-25(15-21)37(34,35)33-26-17-24(30)19-32-28(26)36-20-29(31,18-23-12-6-3-7-13-23)27(33)16-22-10-4-2-5-11-22/h2-15,17,19,27H,16,18,20,30-31H2,1H3. The van der Waals surface area contributed by atoms with Gasteiger partial charge in [-0.2, -0.15) is 0 Å². The van der Waals surface area contributed by atoms with Gasteiger partial charge in [0.05, 0.1) is 28.4 Å². The molecule has 5 rings (SSSR count). The molecule has 1 aliphatic rings. The second kappa shape index (κ2) is 9.88. The van der Waals surface area contributed by atoms with Gasteiger partial charge in [-0.05, 0) is 54.7 Å². The number of fused-ring (bicyclic) bond motifs is 1. The van der Waals surface area contributed by atoms with Gasteiger partial charge in [0, 0.05) is 0 Å². The van der Waals surface area contributed by atoms with Crippen molar-refractivity contribution in [1.29, 1.82) is 0 Å². The van der Waals surface area contributed by atoms with Gasteiger partial charge in [-0.25, -0.2) is 13.4 Å². The summed E-state index contributed by atoms with van der Waals surface area (Å²) in [4.78, 5) is 4.53. The number of hydrogen-bond donors (Lipinski definition) is 2. The van der Waals surface area contributed by atoms with Gasteiger partial charge >= 0.3 is 0 Å². The first-order valence-corrected chi connectivity index (χ1v) is 13.6. The van der Waals surface area contributed by atoms with Crippen LogP contribution in [0.4, 0.5) is 11.4 Å². The zero-order valence-electron chi connectivity index (χ0n) is 20.6. The van der Waals surface area contributed by atoms with Gasteiger partial charge in [-0.1, -0.05) is 72.8 Å². The van der Waals surface area contributed by atoms with Gasteiger partial charge < -0.3 is 16.2 Å². The molecule has 4 N–H and O–H groups in total. The molecule has 0 bridgehead atoms. The lowest BCUT2D eigenvalue weighted by Crippen LogP contribution is -2.64. The highest BCUT2D eigenvalue weighted by molar-refractivity contribution is 7.92. The van der Waals surface area contributed by atoms with Crippen LogP contribution in [-0.4, -0.2) is 31.6 Å². The lowest BCUT2D eigenvalue weighted by atomic mass is 9.82. The molecule has 0 amide bonds. The van der Waals surface area contributed by atoms with Crippen molar-refractivity contribution in [3.05, 3.63) is 114 Å². The molecule has 2 heterocycles. The summed E-state index contributed by atoms with van der Waals surface area (Å²) >= 11 is 0. The Hall–Kier alpha value is -3.88. The van der Waals surface area contributed by atoms with Crippen LogP contribution in [0.15, 0.2) is 102 Å². The molecule has 8 heteroatoms. The van der Waals surface area contributed by atoms with Crippen LogP contribution in [-0.2, 0) is 22.9 Å². The largest absolute Gasteiger partial charge is 0.474 e. The normalized spacial score (nSPS) is 19.5. The molecule has 2 unspecified atom stereocenters. The Morgan fingerprint density at radius 3 is 2.32 bits per heavy atom. The maximum absolute atomic E-state index is 14.5. The molecule has 4 aromatic rings. The van der Waals surface area contributed by atoms with E-state index in [1.807, 2.05) is 73.7 Å². The van der Waals surface area contributed by atoms with Crippen LogP contribution in [0.3, 0.4) is 0 Å². The van der Waals surface area contributed by atoms with E-state index >= 15 is 0 Å². The minimum Gasteiger partial charge on any atom is -0.474 e. The van der Waals surface area contributed by atoms with Crippen LogP contribution in [0.1, 0.15) is 16.7 Å². The molecule has 0 saturated carbocycles. The number of anilines is 2. The number of ether oxygens (including phenoxy) is 1. The van der Waals surface area contributed by atoms with Gasteiger partial charge in [-0.3, -0.25) is 4.31 Å². The van der Waals surface area contributed by atoms with E-state index in [9.17, 15) is 8.42 Å². The van der Waals surface area contributed by atoms with Crippen molar-refractivity contribution in [2.45, 2.75) is 36.2 Å². The number of nitrogens with zero attached hydrogens (tertiary/aromatic N) is 2. The van der Waals surface area contributed by atoms with Crippen molar-refractivity contribution < 1.29 is 13.2 Å². The van der Waals surface area contributed by atoms with Crippen LogP contribution in [0, 0.1) is 6.92 Å². The van der Waals surface area contributed by atoms with Crippen molar-refractivity contribution in [1.82, 2.24) is 4.98 Å². The van der Waals surface area contributed by atoms with E-state index in [2.05, 4.69) is 4.98 Å². The molecular weight excluding hydrogens is 484 g/mol. The molecular formula is C29H30N4O3S. The number of pyridine rings is 1. The topological polar surface area (TPSA) is 112 Å². The predicted molar refractivity (Wildman–Crippen MR) is 146 cm³/mol. The monoisotopic (exact) mass is 514 g/mol. The zero-order chi connectivity index (χ0) is 26.0. The molecule has 37 heavy (non-hydrogen) atoms. The second-order valence-electron chi connectivity index (χ2n) is 9.60. The van der Waals surface area contributed by atoms with Crippen LogP contribution in [0.25, 0.3) is 0 Å². The van der Waals surface area contributed by atoms with Crippen molar-refractivity contribution in [2.24, 2.45) is 5.73 Å². The number of rotatable bonds is 6. The summed E-state index contributed by atoms with van der Waals surface area (Å²) < 4.78 is 36.4. The summed E-state index contributed by atoms with van der Waals surface area (Å²) in [6.45, 7) is 1.94. The first kappa shape index (κ1) is 24.8. The lowest BCUT2D eigenvalue weighted by Gasteiger charge is -2.41. The third-order valence-corrected chi connectivity index (χ3v) is 8.53. The van der Waals surface area contributed by atoms with Gasteiger partial charge in [0.25, 0.3) is 10.0 Å². The van der Waals surface area contributed by atoms with E-state index in [4.69, 9.17) is 16.2 Å². The number of nitrogens with two attached hydrogens (primary N) is 2. The van der Waals surface area contributed by atoms with E-state index in [-0.39, 0.29) is 23.1 Å². The molecule has 1 aromatic heterocycles. The van der Waals surface area contributed by atoms with Gasteiger partial charge in [0.2, 0.25) is 5.88 Å². The van der Waals surface area contributed by atoms with Crippen molar-refractivity contribution in [2.75, 3.05) is 16.6 Å². The number of aromatic nitrogens is 1. The minimum atomic E-state index is -4.09. The van der Waals surface area contributed by atoms with Crippen molar-refractivity contribution in [3.63, 3.8) is 0 Å². The molecule has 0 saturated heterocycles. The first-order valence-electron chi connectivity index (χ1n) is 12.1. The Balaban J connectivity index is 1.74. The smallest absolute Gasteiger partial charge is 0.264 e. The van der Waals surface area contributed by atoms with E-state index in [0.717, 1.165) is 16.7 Å². The summed E-state index contributed by atoms with van der Waals surface area (Å²) in [5, 5.41) is 0. The Labute approximate surface area is 217 Å². The molecule has 190 valence electrons. The van der Waals surface area contributed by atoms with Crippen molar-refractivity contribution in [3.8, 4) is 5.88 Å². The highest BCUT2D eigenvalue weighted by Crippen LogP contribution is 2.41. The first-order chi connectivity index (χ1) is 17.8. The highest BCUT2D eigenvalue weighted by atomic mass is 32.2. The van der Waals surface area contributed by atoms with Crippen molar-refractivity contribution >= 4 is 21.4 Å². The SMILES string of the molecule is Cc1cccc(S(=O)(=O)N2c3cc(N)cnc3OCC(N)(Cc3ccccc3)C2Cc2ccccc2)c1. The van der Waals surface area contributed by atoms with E-state index < -0.39 is 21.6 Å². The number of benzene rings is 3. The fourth-order valence-electron chi connectivity index (χ4n) is 4.88. The summed E-state index contributed by atoms with van der Waals surface area (Å²) in [5.41, 5.74) is 15.6. The van der Waals surface area contributed by atoms with E-state index in [1.54, 1.807) is 24.3 Å². The number of nitrogen functional groups attached to an aromatic ring is 1. The van der Waals surface area contributed by atoms with Crippen LogP contribution in [0.2, 0.25) is 0 Å². The molecule has 0 fully saturated rings. The minimum absolute atomic E-state index is 0.0726. The summed E-state index contributed by atoms with van der Waals surface area (Å²) in [7, 11) is -4.09. The summed E-state index contributed by atoms with van der Waals surface area (Å²) in [5.74, 6) is 0.184. The number of sulfonamides is 1. The summed E-state index contributed by atoms with van der Waals surface area (Å²) in [6.07, 6.45) is 2.23. The maximum Gasteiger partial charge on any atom is 0.264 e. The molecule has 1 aliphatic heterocycles. The average molecular weight is 515 g/mol. The number of hydrogen-bond acceptors (Lipinski definition) is 6. The quantitative estimate of drug-likeness (QED) is 0.401. The number of aryl methyl sites for hydroxylation is 1. The Morgan fingerprint density at radius 1 is 0.973 bits per heavy atom. The molecule has 3 aromatic carbocycles. The van der Waals surface area contributed by atoms with Crippen LogP contribution >= 0.6 is 0 Å². The Kier molecular flexibility index (Phi) is 6.62. The fourth-order valence-corrected chi connectivity index (χ4v) is 6.70. The van der Waals surface area contributed by atoms with Crippen LogP contribution in [0.5, 0.6) is 5.88 Å². The Morgan fingerprint density at radius 2 is 1.65 bits per heavy atom. The lowest BCUT2D eigenvalue weighted by molar-refractivity contribution is 0.196. The predicted octanol–water partition coefficient (Wildman–Crippen LogP) is 4.11. The molecule has 2 atom stereocenters. The van der Waals surface area contributed by atoms with Crippen LogP contribution < -0.4 is 20.5 Å². The molecule has 0 aliphatic carbocycles. The van der Waals surface area contributed by atoms with Gasteiger partial charge in [0.1, 0.15) is 12.3 Å². The highest BCUT2D eigenvalue weighted by Gasteiger charge is 2.48. The van der Waals surface area contributed by atoms with Gasteiger partial charge in [0.15, 0.2) is 0 Å². The zero-order valence-corrected chi connectivity index (χ0v) is 21.4.